The van der Waals surface area contributed by atoms with Crippen molar-refractivity contribution in [3.8, 4) is 5.75 Å². The smallest absolute Gasteiger partial charge is 0.137 e. The molecular weight excluding hydrogens is 218 g/mol. The average molecular weight is 235 g/mol. The van der Waals surface area contributed by atoms with Crippen LogP contribution in [0.4, 0.5) is 0 Å². The van der Waals surface area contributed by atoms with E-state index in [2.05, 4.69) is 0 Å². The summed E-state index contributed by atoms with van der Waals surface area (Å²) in [4.78, 5) is 0. The number of hydrogen-bond acceptors (Lipinski definition) is 4. The standard InChI is InChI=1S/C13H17NO3/c1-3-10(14)12(15)9-4-5-11-8(6-7-17-11)13(9)16-2/h4-7,10,12,15H,3,14H2,1-2H3. The quantitative estimate of drug-likeness (QED) is 0.852. The van der Waals surface area contributed by atoms with Gasteiger partial charge in [-0.25, -0.2) is 0 Å². The molecule has 0 aliphatic rings. The van der Waals surface area contributed by atoms with E-state index < -0.39 is 6.10 Å². The Morgan fingerprint density at radius 1 is 1.41 bits per heavy atom. The molecule has 4 nitrogen and oxygen atoms in total. The molecule has 1 aromatic heterocycles. The van der Waals surface area contributed by atoms with Gasteiger partial charge in [0, 0.05) is 11.6 Å². The zero-order valence-corrected chi connectivity index (χ0v) is 10.0. The van der Waals surface area contributed by atoms with Crippen molar-refractivity contribution >= 4 is 11.0 Å². The highest BCUT2D eigenvalue weighted by atomic mass is 16.5. The van der Waals surface area contributed by atoms with Crippen LogP contribution in [0.1, 0.15) is 25.0 Å². The predicted molar refractivity (Wildman–Crippen MR) is 66.0 cm³/mol. The van der Waals surface area contributed by atoms with Crippen molar-refractivity contribution in [1.82, 2.24) is 0 Å². The minimum atomic E-state index is -0.728. The molecule has 1 aromatic carbocycles. The van der Waals surface area contributed by atoms with Crippen LogP contribution in [-0.2, 0) is 0 Å². The molecule has 0 fully saturated rings. The van der Waals surface area contributed by atoms with Crippen molar-refractivity contribution in [2.24, 2.45) is 5.73 Å². The lowest BCUT2D eigenvalue weighted by molar-refractivity contribution is 0.141. The molecule has 0 amide bonds. The number of nitrogens with two attached hydrogens (primary N) is 1. The number of fused-ring (bicyclic) bond motifs is 1. The molecule has 2 atom stereocenters. The van der Waals surface area contributed by atoms with Gasteiger partial charge in [0.25, 0.3) is 0 Å². The van der Waals surface area contributed by atoms with Crippen molar-refractivity contribution in [2.45, 2.75) is 25.5 Å². The summed E-state index contributed by atoms with van der Waals surface area (Å²) >= 11 is 0. The van der Waals surface area contributed by atoms with E-state index in [0.717, 1.165) is 11.0 Å². The maximum Gasteiger partial charge on any atom is 0.137 e. The number of methoxy groups -OCH3 is 1. The van der Waals surface area contributed by atoms with Gasteiger partial charge in [-0.1, -0.05) is 6.92 Å². The van der Waals surface area contributed by atoms with E-state index in [-0.39, 0.29) is 6.04 Å². The molecule has 2 unspecified atom stereocenters. The van der Waals surface area contributed by atoms with Gasteiger partial charge in [0.1, 0.15) is 11.3 Å². The molecule has 0 radical (unpaired) electrons. The fourth-order valence-corrected chi connectivity index (χ4v) is 1.95. The molecule has 2 aromatic rings. The van der Waals surface area contributed by atoms with Crippen LogP contribution in [0.5, 0.6) is 5.75 Å². The first-order valence-corrected chi connectivity index (χ1v) is 5.66. The van der Waals surface area contributed by atoms with Crippen LogP contribution < -0.4 is 10.5 Å². The number of aliphatic hydroxyl groups excluding tert-OH is 1. The van der Waals surface area contributed by atoms with E-state index in [9.17, 15) is 5.11 Å². The molecule has 92 valence electrons. The van der Waals surface area contributed by atoms with Crippen LogP contribution >= 0.6 is 0 Å². The third kappa shape index (κ3) is 2.01. The summed E-state index contributed by atoms with van der Waals surface area (Å²) < 4.78 is 10.6. The minimum Gasteiger partial charge on any atom is -0.496 e. The largest absolute Gasteiger partial charge is 0.496 e. The summed E-state index contributed by atoms with van der Waals surface area (Å²) in [6.07, 6.45) is 1.57. The fraction of sp³-hybridized carbons (Fsp3) is 0.385. The first kappa shape index (κ1) is 12.0. The average Bonchev–Trinajstić information content (AvgIpc) is 2.83. The second kappa shape index (κ2) is 4.77. The van der Waals surface area contributed by atoms with Gasteiger partial charge in [-0.05, 0) is 24.6 Å². The molecule has 1 heterocycles. The predicted octanol–water partition coefficient (Wildman–Crippen LogP) is 2.21. The molecule has 4 heteroatoms. The minimum absolute atomic E-state index is 0.298. The summed E-state index contributed by atoms with van der Waals surface area (Å²) in [7, 11) is 1.58. The maximum absolute atomic E-state index is 10.2. The van der Waals surface area contributed by atoms with E-state index in [1.54, 1.807) is 19.4 Å². The Bertz CT molecular complexity index is 506. The van der Waals surface area contributed by atoms with Gasteiger partial charge in [0.05, 0.1) is 24.9 Å². The highest BCUT2D eigenvalue weighted by molar-refractivity contribution is 5.85. The van der Waals surface area contributed by atoms with Gasteiger partial charge in [-0.15, -0.1) is 0 Å². The molecule has 0 saturated carbocycles. The number of benzene rings is 1. The number of aliphatic hydroxyl groups is 1. The zero-order valence-electron chi connectivity index (χ0n) is 10.0. The number of ether oxygens (including phenoxy) is 1. The second-order valence-corrected chi connectivity index (χ2v) is 4.04. The molecular formula is C13H17NO3. The SMILES string of the molecule is CCC(N)C(O)c1ccc2occc2c1OC. The topological polar surface area (TPSA) is 68.6 Å². The van der Waals surface area contributed by atoms with Gasteiger partial charge in [-0.2, -0.15) is 0 Å². The van der Waals surface area contributed by atoms with E-state index in [1.807, 2.05) is 19.1 Å². The highest BCUT2D eigenvalue weighted by Gasteiger charge is 2.21. The lowest BCUT2D eigenvalue weighted by Crippen LogP contribution is -2.27. The molecule has 17 heavy (non-hydrogen) atoms. The van der Waals surface area contributed by atoms with E-state index in [0.29, 0.717) is 17.7 Å². The van der Waals surface area contributed by atoms with E-state index in [1.165, 1.54) is 0 Å². The molecule has 0 aliphatic heterocycles. The van der Waals surface area contributed by atoms with Crippen LogP contribution in [0.15, 0.2) is 28.9 Å². The Morgan fingerprint density at radius 3 is 2.82 bits per heavy atom. The monoisotopic (exact) mass is 235 g/mol. The summed E-state index contributed by atoms with van der Waals surface area (Å²) in [5.41, 5.74) is 7.31. The Hall–Kier alpha value is -1.52. The first-order chi connectivity index (χ1) is 8.19. The molecule has 3 N–H and O–H groups in total. The van der Waals surface area contributed by atoms with Crippen molar-refractivity contribution in [1.29, 1.82) is 0 Å². The lowest BCUT2D eigenvalue weighted by atomic mass is 9.98. The summed E-state index contributed by atoms with van der Waals surface area (Å²) in [5.74, 6) is 0.632. The van der Waals surface area contributed by atoms with E-state index >= 15 is 0 Å². The Kier molecular flexibility index (Phi) is 3.36. The molecule has 0 aliphatic carbocycles. The summed E-state index contributed by atoms with van der Waals surface area (Å²) in [6.45, 7) is 1.94. The Balaban J connectivity index is 2.52. The van der Waals surface area contributed by atoms with Crippen LogP contribution in [0.2, 0.25) is 0 Å². The van der Waals surface area contributed by atoms with Crippen molar-refractivity contribution in [3.05, 3.63) is 30.0 Å². The van der Waals surface area contributed by atoms with Crippen LogP contribution in [-0.4, -0.2) is 18.3 Å². The van der Waals surface area contributed by atoms with Gasteiger partial charge in [0.15, 0.2) is 0 Å². The number of rotatable bonds is 4. The van der Waals surface area contributed by atoms with E-state index in [4.69, 9.17) is 14.9 Å². The molecule has 0 bridgehead atoms. The number of furan rings is 1. The fourth-order valence-electron chi connectivity index (χ4n) is 1.95. The molecule has 2 rings (SSSR count). The highest BCUT2D eigenvalue weighted by Crippen LogP contribution is 2.35. The Morgan fingerprint density at radius 2 is 2.18 bits per heavy atom. The van der Waals surface area contributed by atoms with Gasteiger partial charge in [0.2, 0.25) is 0 Å². The van der Waals surface area contributed by atoms with Crippen molar-refractivity contribution < 1.29 is 14.3 Å². The zero-order chi connectivity index (χ0) is 12.4. The summed E-state index contributed by atoms with van der Waals surface area (Å²) in [6, 6.07) is 5.14. The molecule has 0 saturated heterocycles. The number of hydrogen-bond donors (Lipinski definition) is 2. The molecule has 0 spiro atoms. The first-order valence-electron chi connectivity index (χ1n) is 5.66. The van der Waals surface area contributed by atoms with Gasteiger partial charge < -0.3 is 20.0 Å². The normalized spacial score (nSPS) is 14.8. The van der Waals surface area contributed by atoms with Crippen molar-refractivity contribution in [3.63, 3.8) is 0 Å². The van der Waals surface area contributed by atoms with Crippen molar-refractivity contribution in [2.75, 3.05) is 7.11 Å². The third-order valence-electron chi connectivity index (χ3n) is 3.02. The van der Waals surface area contributed by atoms with Crippen LogP contribution in [0.25, 0.3) is 11.0 Å². The van der Waals surface area contributed by atoms with Crippen LogP contribution in [0, 0.1) is 0 Å². The van der Waals surface area contributed by atoms with Gasteiger partial charge >= 0.3 is 0 Å². The second-order valence-electron chi connectivity index (χ2n) is 4.04. The van der Waals surface area contributed by atoms with Gasteiger partial charge in [-0.3, -0.25) is 0 Å². The Labute approximate surface area is 100.0 Å². The van der Waals surface area contributed by atoms with Crippen LogP contribution in [0.3, 0.4) is 0 Å². The maximum atomic E-state index is 10.2. The third-order valence-corrected chi connectivity index (χ3v) is 3.02. The lowest BCUT2D eigenvalue weighted by Gasteiger charge is -2.20. The summed E-state index contributed by atoms with van der Waals surface area (Å²) in [5, 5.41) is 11.0.